The van der Waals surface area contributed by atoms with Crippen molar-refractivity contribution in [2.75, 3.05) is 0 Å². The Bertz CT molecular complexity index is 435. The molecule has 0 aromatic heterocycles. The molecular weight excluding hydrogens is 525 g/mol. The molecule has 0 bridgehead atoms. The quantitative estimate of drug-likeness (QED) is 0.138. The third-order valence-electron chi connectivity index (χ3n) is 2.83. The van der Waals surface area contributed by atoms with Gasteiger partial charge in [-0.25, -0.2) is 0 Å². The monoisotopic (exact) mass is 552 g/mol. The molecule has 0 saturated heterocycles. The zero-order valence-corrected chi connectivity index (χ0v) is 20.2. The second-order valence-corrected chi connectivity index (χ2v) is 8.42. The summed E-state index contributed by atoms with van der Waals surface area (Å²) in [5, 5.41) is -2.62. The first-order valence-electron chi connectivity index (χ1n) is 7.52. The van der Waals surface area contributed by atoms with Crippen LogP contribution in [0, 0.1) is 0 Å². The summed E-state index contributed by atoms with van der Waals surface area (Å²) < 4.78 is 0. The molecule has 1 rings (SSSR count). The number of halogens is 6. The minimum Gasteiger partial charge on any atom is -0.383 e. The zero-order valence-electron chi connectivity index (χ0n) is 15.7. The van der Waals surface area contributed by atoms with Crippen molar-refractivity contribution < 1.29 is 0 Å². The Hall–Kier alpha value is -1.44. The van der Waals surface area contributed by atoms with Crippen molar-refractivity contribution in [1.29, 1.82) is 0 Å². The smallest absolute Gasteiger partial charge is 0.134 e. The second-order valence-electron chi connectivity index (χ2n) is 5.40. The van der Waals surface area contributed by atoms with Gasteiger partial charge >= 0.3 is 0 Å². The maximum absolute atomic E-state index is 5.88. The third kappa shape index (κ3) is 14.5. The van der Waals surface area contributed by atoms with Crippen LogP contribution in [0.5, 0.6) is 0 Å². The maximum atomic E-state index is 5.88. The molecule has 0 heterocycles. The molecule has 0 amide bonds. The molecule has 0 aliphatic heterocycles. The summed E-state index contributed by atoms with van der Waals surface area (Å²) >= 11 is 35.3. The van der Waals surface area contributed by atoms with Gasteiger partial charge in [0.25, 0.3) is 0 Å². The molecule has 0 radical (unpaired) electrons. The molecule has 1 fully saturated rings. The van der Waals surface area contributed by atoms with Gasteiger partial charge in [-0.05, 0) is 0 Å². The van der Waals surface area contributed by atoms with Gasteiger partial charge < -0.3 is 68.8 Å². The minimum absolute atomic E-state index is 0.0185. The van der Waals surface area contributed by atoms with E-state index >= 15 is 0 Å². The van der Waals surface area contributed by atoms with Crippen LogP contribution in [0.15, 0.2) is 34.9 Å². The summed E-state index contributed by atoms with van der Waals surface area (Å²) in [6, 6.07) is 0. The normalized spacial score (nSPS) is 26.6. The Morgan fingerprint density at radius 2 is 0.333 bits per heavy atom. The molecule has 24 N–H and O–H groups in total. The Morgan fingerprint density at radius 1 is 0.267 bits per heavy atom. The van der Waals surface area contributed by atoms with Crippen LogP contribution in [0.4, 0.5) is 0 Å². The molecule has 1 saturated carbocycles. The second kappa shape index (κ2) is 16.3. The van der Waals surface area contributed by atoms with Gasteiger partial charge in [0.1, 0.15) is 34.9 Å². The van der Waals surface area contributed by atoms with Crippen molar-refractivity contribution in [3.63, 3.8) is 0 Å². The number of hydrogen-bond donors (Lipinski definition) is 12. The summed E-state index contributed by atoms with van der Waals surface area (Å²) in [6.07, 6.45) is 0. The molecule has 180 valence electrons. The lowest BCUT2D eigenvalue weighted by Gasteiger charge is -2.37. The van der Waals surface area contributed by atoms with E-state index in [1.807, 2.05) is 0 Å². The average molecular weight is 555 g/mol. The Balaban J connectivity index is -0.000000349. The van der Waals surface area contributed by atoms with Gasteiger partial charge in [0.05, 0.1) is 32.3 Å². The van der Waals surface area contributed by atoms with Crippen LogP contribution in [-0.2, 0) is 0 Å². The molecular formula is C12H30Cl6N12. The zero-order chi connectivity index (χ0) is 24.9. The number of alkyl halides is 6. The lowest BCUT2D eigenvalue weighted by atomic mass is 9.97. The first-order chi connectivity index (χ1) is 13.4. The Morgan fingerprint density at radius 3 is 0.367 bits per heavy atom. The van der Waals surface area contributed by atoms with Crippen LogP contribution in [0.25, 0.3) is 0 Å². The maximum Gasteiger partial charge on any atom is 0.134 e. The van der Waals surface area contributed by atoms with E-state index < -0.39 is 32.3 Å². The fourth-order valence-corrected chi connectivity index (χ4v) is 3.38. The van der Waals surface area contributed by atoms with E-state index in [0.29, 0.717) is 0 Å². The van der Waals surface area contributed by atoms with E-state index in [1.165, 1.54) is 0 Å². The highest BCUT2D eigenvalue weighted by Gasteiger charge is 2.46. The number of hydrogen-bond acceptors (Lipinski definition) is 12. The molecule has 1 aliphatic rings. The summed E-state index contributed by atoms with van der Waals surface area (Å²) in [7, 11) is 0. The molecule has 0 aromatic rings. The fraction of sp³-hybridized carbons (Fsp3) is 0.500. The molecule has 0 atom stereocenters. The fourth-order valence-electron chi connectivity index (χ4n) is 1.05. The number of nitrogens with two attached hydrogens (primary N) is 12. The van der Waals surface area contributed by atoms with Crippen LogP contribution in [0.2, 0.25) is 0 Å². The highest BCUT2D eigenvalue weighted by Crippen LogP contribution is 2.39. The van der Waals surface area contributed by atoms with E-state index in [4.69, 9.17) is 138 Å². The molecule has 0 spiro atoms. The van der Waals surface area contributed by atoms with Gasteiger partial charge in [-0.1, -0.05) is 0 Å². The van der Waals surface area contributed by atoms with Gasteiger partial charge in [0, 0.05) is 0 Å². The number of rotatable bonds is 0. The van der Waals surface area contributed by atoms with E-state index in [-0.39, 0.29) is 34.9 Å². The SMILES string of the molecule is ClC1C(Cl)C(Cl)C(Cl)C(Cl)C1Cl.NC(N)=C(N)N.NC(N)=C(N)N.NC(N)=C(N)N. The topological polar surface area (TPSA) is 312 Å². The van der Waals surface area contributed by atoms with E-state index in [2.05, 4.69) is 0 Å². The predicted octanol–water partition coefficient (Wildman–Crippen LogP) is -2.51. The Kier molecular flexibility index (Phi) is 18.0. The van der Waals surface area contributed by atoms with Crippen molar-refractivity contribution in [3.05, 3.63) is 34.9 Å². The first-order valence-corrected chi connectivity index (χ1v) is 10.1. The summed E-state index contributed by atoms with van der Waals surface area (Å²) in [4.78, 5) is 0. The van der Waals surface area contributed by atoms with Crippen molar-refractivity contribution in [2.45, 2.75) is 32.3 Å². The van der Waals surface area contributed by atoms with Crippen molar-refractivity contribution >= 4 is 69.6 Å². The van der Waals surface area contributed by atoms with Gasteiger partial charge in [0.2, 0.25) is 0 Å². The van der Waals surface area contributed by atoms with Gasteiger partial charge in [-0.2, -0.15) is 0 Å². The highest BCUT2D eigenvalue weighted by molar-refractivity contribution is 6.45. The standard InChI is InChI=1S/C6H6Cl6.3C2H8N4/c7-1-2(8)4(10)6(12)5(11)3(1)9;3*3-1(4)2(5)6/h1-6H;3*3-6H2. The van der Waals surface area contributed by atoms with Crippen molar-refractivity contribution in [3.8, 4) is 0 Å². The highest BCUT2D eigenvalue weighted by atomic mass is 35.5. The summed E-state index contributed by atoms with van der Waals surface area (Å²) in [5.41, 5.74) is 58.1. The van der Waals surface area contributed by atoms with Crippen LogP contribution >= 0.6 is 69.6 Å². The first kappa shape index (κ1) is 33.2. The average Bonchev–Trinajstić information content (AvgIpc) is 2.64. The molecule has 30 heavy (non-hydrogen) atoms. The molecule has 0 unspecified atom stereocenters. The van der Waals surface area contributed by atoms with Crippen LogP contribution in [0.1, 0.15) is 0 Å². The van der Waals surface area contributed by atoms with Crippen molar-refractivity contribution in [1.82, 2.24) is 0 Å². The summed E-state index contributed by atoms with van der Waals surface area (Å²) in [6.45, 7) is 0. The summed E-state index contributed by atoms with van der Waals surface area (Å²) in [5.74, 6) is -0.111. The van der Waals surface area contributed by atoms with Crippen LogP contribution in [0.3, 0.4) is 0 Å². The molecule has 18 heteroatoms. The van der Waals surface area contributed by atoms with Gasteiger partial charge in [-0.3, -0.25) is 0 Å². The van der Waals surface area contributed by atoms with Gasteiger partial charge in [-0.15, -0.1) is 69.6 Å². The lowest BCUT2D eigenvalue weighted by molar-refractivity contribution is 0.544. The van der Waals surface area contributed by atoms with E-state index in [1.54, 1.807) is 0 Å². The van der Waals surface area contributed by atoms with Gasteiger partial charge in [0.15, 0.2) is 0 Å². The molecule has 12 nitrogen and oxygen atoms in total. The molecule has 0 aromatic carbocycles. The van der Waals surface area contributed by atoms with Crippen LogP contribution in [-0.4, -0.2) is 32.3 Å². The Labute approximate surface area is 205 Å². The van der Waals surface area contributed by atoms with Crippen LogP contribution < -0.4 is 68.8 Å². The van der Waals surface area contributed by atoms with E-state index in [0.717, 1.165) is 0 Å². The van der Waals surface area contributed by atoms with Crippen molar-refractivity contribution in [2.24, 2.45) is 68.8 Å². The largest absolute Gasteiger partial charge is 0.383 e. The third-order valence-corrected chi connectivity index (χ3v) is 6.86. The minimum atomic E-state index is -0.437. The predicted molar refractivity (Wildman–Crippen MR) is 129 cm³/mol. The van der Waals surface area contributed by atoms with E-state index in [9.17, 15) is 0 Å². The molecule has 1 aliphatic carbocycles. The lowest BCUT2D eigenvalue weighted by Crippen LogP contribution is -2.52.